The van der Waals surface area contributed by atoms with E-state index in [4.69, 9.17) is 35.4 Å². The highest BCUT2D eigenvalue weighted by Gasteiger charge is 2.28. The van der Waals surface area contributed by atoms with Gasteiger partial charge in [-0.2, -0.15) is 0 Å². The third kappa shape index (κ3) is 7.94. The van der Waals surface area contributed by atoms with Gasteiger partial charge in [-0.05, 0) is 0 Å². The lowest BCUT2D eigenvalue weighted by atomic mass is 10.1. The predicted octanol–water partition coefficient (Wildman–Crippen LogP) is -3.18. The van der Waals surface area contributed by atoms with Crippen molar-refractivity contribution in [1.29, 1.82) is 0 Å². The summed E-state index contributed by atoms with van der Waals surface area (Å²) in [5, 5.41) is 50.3. The number of ether oxygens (including phenoxy) is 1. The summed E-state index contributed by atoms with van der Waals surface area (Å²) in [5.74, 6) is 0. The second-order valence-electron chi connectivity index (χ2n) is 3.53. The number of epoxide rings is 1. The lowest BCUT2D eigenvalue weighted by Gasteiger charge is -2.13. The average molecular weight is 240 g/mol. The highest BCUT2D eigenvalue weighted by molar-refractivity contribution is 4.77. The van der Waals surface area contributed by atoms with Gasteiger partial charge in [0.1, 0.15) is 12.2 Å². The first-order chi connectivity index (χ1) is 7.54. The Morgan fingerprint density at radius 1 is 0.938 bits per heavy atom. The largest absolute Gasteiger partial charge is 0.394 e. The average Bonchev–Trinajstić information content (AvgIpc) is 3.11. The first-order valence-corrected chi connectivity index (χ1v) is 5.03. The normalized spacial score (nSPS) is 22.3. The van der Waals surface area contributed by atoms with E-state index in [-0.39, 0.29) is 19.3 Å². The van der Waals surface area contributed by atoms with Gasteiger partial charge in [-0.3, -0.25) is 0 Å². The van der Waals surface area contributed by atoms with Gasteiger partial charge in [0.15, 0.2) is 0 Å². The van der Waals surface area contributed by atoms with E-state index < -0.39 is 24.9 Å². The molecule has 6 N–H and O–H groups in total. The molecular formula is C9H20O7. The smallest absolute Gasteiger partial charge is 0.103 e. The fourth-order valence-corrected chi connectivity index (χ4v) is 0.810. The summed E-state index contributed by atoms with van der Waals surface area (Å²) in [6, 6.07) is 0. The monoisotopic (exact) mass is 240 g/mol. The molecule has 3 unspecified atom stereocenters. The highest BCUT2D eigenvalue weighted by atomic mass is 16.6. The zero-order valence-corrected chi connectivity index (χ0v) is 8.94. The van der Waals surface area contributed by atoms with Crippen LogP contribution >= 0.6 is 0 Å². The number of rotatable bonds is 6. The van der Waals surface area contributed by atoms with Gasteiger partial charge >= 0.3 is 0 Å². The molecule has 0 radical (unpaired) electrons. The molecule has 0 amide bonds. The van der Waals surface area contributed by atoms with E-state index >= 15 is 0 Å². The van der Waals surface area contributed by atoms with Crippen LogP contribution in [-0.2, 0) is 4.74 Å². The van der Waals surface area contributed by atoms with Crippen molar-refractivity contribution in [3.8, 4) is 0 Å². The van der Waals surface area contributed by atoms with Crippen molar-refractivity contribution in [2.45, 2.75) is 30.8 Å². The minimum atomic E-state index is -1.02. The topological polar surface area (TPSA) is 134 Å². The molecule has 0 spiro atoms. The summed E-state index contributed by atoms with van der Waals surface area (Å²) >= 11 is 0. The van der Waals surface area contributed by atoms with Crippen LogP contribution in [-0.4, -0.2) is 81.5 Å². The van der Waals surface area contributed by atoms with Gasteiger partial charge in [-0.15, -0.1) is 0 Å². The standard InChI is InChI=1S/C6H12O4.C3H8O3/c7-2-6(9)5(8)1-4-3-10-4;4-1-3(6)2-5/h4-9H,1-3H2;3-6H,1-2H2. The first kappa shape index (κ1) is 15.7. The summed E-state index contributed by atoms with van der Waals surface area (Å²) < 4.78 is 4.82. The second-order valence-corrected chi connectivity index (χ2v) is 3.53. The Bertz CT molecular complexity index is 158. The molecule has 0 saturated carbocycles. The van der Waals surface area contributed by atoms with E-state index in [1.54, 1.807) is 0 Å². The first-order valence-electron chi connectivity index (χ1n) is 5.03. The molecule has 7 heteroatoms. The fourth-order valence-electron chi connectivity index (χ4n) is 0.810. The molecule has 1 saturated heterocycles. The summed E-state index contributed by atoms with van der Waals surface area (Å²) in [4.78, 5) is 0. The Labute approximate surface area is 93.5 Å². The van der Waals surface area contributed by atoms with E-state index in [1.165, 1.54) is 0 Å². The third-order valence-electron chi connectivity index (χ3n) is 1.96. The lowest BCUT2D eigenvalue weighted by molar-refractivity contribution is -0.0204. The van der Waals surface area contributed by atoms with Crippen LogP contribution in [0.15, 0.2) is 0 Å². The van der Waals surface area contributed by atoms with Crippen LogP contribution in [0.25, 0.3) is 0 Å². The van der Waals surface area contributed by atoms with Crippen molar-refractivity contribution in [3.05, 3.63) is 0 Å². The molecule has 1 heterocycles. The molecule has 16 heavy (non-hydrogen) atoms. The predicted molar refractivity (Wildman–Crippen MR) is 53.6 cm³/mol. The Hall–Kier alpha value is -0.280. The maximum Gasteiger partial charge on any atom is 0.103 e. The third-order valence-corrected chi connectivity index (χ3v) is 1.96. The summed E-state index contributed by atoms with van der Waals surface area (Å²) in [5.41, 5.74) is 0. The van der Waals surface area contributed by atoms with Gasteiger partial charge in [0.05, 0.1) is 38.6 Å². The maximum absolute atomic E-state index is 9.04. The van der Waals surface area contributed by atoms with Crippen LogP contribution < -0.4 is 0 Å². The van der Waals surface area contributed by atoms with E-state index in [1.807, 2.05) is 0 Å². The van der Waals surface area contributed by atoms with Gasteiger partial charge in [0, 0.05) is 6.42 Å². The van der Waals surface area contributed by atoms with Gasteiger partial charge < -0.3 is 35.4 Å². The molecule has 7 nitrogen and oxygen atoms in total. The molecule has 0 aliphatic carbocycles. The van der Waals surface area contributed by atoms with Gasteiger partial charge in [-0.25, -0.2) is 0 Å². The van der Waals surface area contributed by atoms with E-state index in [0.29, 0.717) is 13.0 Å². The van der Waals surface area contributed by atoms with Crippen molar-refractivity contribution in [2.75, 3.05) is 26.4 Å². The molecule has 1 fully saturated rings. The van der Waals surface area contributed by atoms with Crippen LogP contribution in [0, 0.1) is 0 Å². The van der Waals surface area contributed by atoms with Crippen molar-refractivity contribution in [3.63, 3.8) is 0 Å². The minimum absolute atomic E-state index is 0.0937. The molecular weight excluding hydrogens is 220 g/mol. The van der Waals surface area contributed by atoms with Crippen molar-refractivity contribution in [2.24, 2.45) is 0 Å². The van der Waals surface area contributed by atoms with Crippen molar-refractivity contribution in [1.82, 2.24) is 0 Å². The Balaban J connectivity index is 0.000000325. The van der Waals surface area contributed by atoms with Crippen LogP contribution in [0.3, 0.4) is 0 Å². The highest BCUT2D eigenvalue weighted by Crippen LogP contribution is 2.16. The molecule has 3 atom stereocenters. The summed E-state index contributed by atoms with van der Waals surface area (Å²) in [6.07, 6.45) is -2.32. The summed E-state index contributed by atoms with van der Waals surface area (Å²) in [7, 11) is 0. The molecule has 0 aromatic rings. The van der Waals surface area contributed by atoms with E-state index in [0.717, 1.165) is 0 Å². The van der Waals surface area contributed by atoms with Gasteiger partial charge in [-0.1, -0.05) is 0 Å². The molecule has 1 rings (SSSR count). The Morgan fingerprint density at radius 2 is 1.44 bits per heavy atom. The molecule has 0 aromatic heterocycles. The molecule has 1 aliphatic heterocycles. The van der Waals surface area contributed by atoms with Gasteiger partial charge in [0.2, 0.25) is 0 Å². The zero-order chi connectivity index (χ0) is 12.6. The fraction of sp³-hybridized carbons (Fsp3) is 1.00. The molecule has 0 aromatic carbocycles. The van der Waals surface area contributed by atoms with Crippen LogP contribution in [0.1, 0.15) is 6.42 Å². The van der Waals surface area contributed by atoms with E-state index in [9.17, 15) is 0 Å². The second kappa shape index (κ2) is 8.82. The number of aliphatic hydroxyl groups excluding tert-OH is 6. The van der Waals surface area contributed by atoms with Crippen molar-refractivity contribution >= 4 is 0 Å². The quantitative estimate of drug-likeness (QED) is 0.270. The summed E-state index contributed by atoms with van der Waals surface area (Å²) in [6.45, 7) is -0.462. The molecule has 1 aliphatic rings. The van der Waals surface area contributed by atoms with Crippen molar-refractivity contribution < 1.29 is 35.4 Å². The maximum atomic E-state index is 9.04. The number of hydrogen-bond donors (Lipinski definition) is 6. The number of aliphatic hydroxyl groups is 6. The zero-order valence-electron chi connectivity index (χ0n) is 8.94. The molecule has 0 bridgehead atoms. The SMILES string of the molecule is OCC(O)C(O)CC1CO1.OCC(O)CO. The Morgan fingerprint density at radius 3 is 1.69 bits per heavy atom. The van der Waals surface area contributed by atoms with E-state index in [2.05, 4.69) is 0 Å². The van der Waals surface area contributed by atoms with Crippen LogP contribution in [0.5, 0.6) is 0 Å². The molecule has 98 valence electrons. The number of hydrogen-bond acceptors (Lipinski definition) is 7. The van der Waals surface area contributed by atoms with Crippen LogP contribution in [0.2, 0.25) is 0 Å². The minimum Gasteiger partial charge on any atom is -0.394 e. The van der Waals surface area contributed by atoms with Crippen LogP contribution in [0.4, 0.5) is 0 Å². The van der Waals surface area contributed by atoms with Gasteiger partial charge in [0.25, 0.3) is 0 Å². The Kier molecular flexibility index (Phi) is 8.67. The lowest BCUT2D eigenvalue weighted by Crippen LogP contribution is -2.30.